The summed E-state index contributed by atoms with van der Waals surface area (Å²) in [5.74, 6) is -1.09. The number of anilines is 3. The van der Waals surface area contributed by atoms with Crippen molar-refractivity contribution >= 4 is 29.3 Å². The maximum Gasteiger partial charge on any atom is 0.416 e. The van der Waals surface area contributed by atoms with Gasteiger partial charge in [0.05, 0.1) is 5.56 Å². The number of carboxylic acids is 1. The summed E-state index contributed by atoms with van der Waals surface area (Å²) in [5.41, 5.74) is 1.18. The summed E-state index contributed by atoms with van der Waals surface area (Å²) < 4.78 is 43.3. The third kappa shape index (κ3) is 6.37. The summed E-state index contributed by atoms with van der Waals surface area (Å²) in [5, 5.41) is 21.6. The summed E-state index contributed by atoms with van der Waals surface area (Å²) in [6.45, 7) is 0. The number of rotatable bonds is 7. The third-order valence-electron chi connectivity index (χ3n) is 6.03. The van der Waals surface area contributed by atoms with E-state index in [1.807, 2.05) is 12.1 Å². The standard InChI is InChI=1S/C24H23F3N4O4/c25-24(26,27)17-7-11-19(12-8-17)29-23-31-30-22(35-23)21(34)28-18-9-5-16(6-10-18)15-3-1-14(2-4-15)13-20(32)33/h5-12,14-15H,1-4,13H2,(H,28,34)(H,29,31)(H,32,33)/t14-,15-. The molecule has 1 aromatic heterocycles. The Morgan fingerprint density at radius 1 is 0.943 bits per heavy atom. The normalized spacial score (nSPS) is 18.1. The van der Waals surface area contributed by atoms with Gasteiger partial charge in [-0.2, -0.15) is 13.2 Å². The number of hydrogen-bond donors (Lipinski definition) is 3. The van der Waals surface area contributed by atoms with Crippen LogP contribution < -0.4 is 10.6 Å². The van der Waals surface area contributed by atoms with Gasteiger partial charge in [0.1, 0.15) is 0 Å². The first-order valence-corrected chi connectivity index (χ1v) is 11.1. The molecule has 8 nitrogen and oxygen atoms in total. The predicted octanol–water partition coefficient (Wildman–Crippen LogP) is 5.83. The fourth-order valence-electron chi connectivity index (χ4n) is 4.20. The Balaban J connectivity index is 1.30. The Labute approximate surface area is 198 Å². The molecule has 1 amide bonds. The number of alkyl halides is 3. The minimum atomic E-state index is -4.44. The van der Waals surface area contributed by atoms with Crippen LogP contribution in [0.4, 0.5) is 30.6 Å². The highest BCUT2D eigenvalue weighted by Crippen LogP contribution is 2.37. The molecule has 3 N–H and O–H groups in total. The molecule has 2 aromatic carbocycles. The fraction of sp³-hybridized carbons (Fsp3) is 0.333. The van der Waals surface area contributed by atoms with Gasteiger partial charge >= 0.3 is 30.0 Å². The maximum absolute atomic E-state index is 12.7. The van der Waals surface area contributed by atoms with E-state index in [2.05, 4.69) is 20.8 Å². The molecule has 11 heteroatoms. The molecule has 4 rings (SSSR count). The second kappa shape index (κ2) is 10.2. The molecule has 1 saturated carbocycles. The van der Waals surface area contributed by atoms with Gasteiger partial charge in [0, 0.05) is 17.8 Å². The van der Waals surface area contributed by atoms with Crippen molar-refractivity contribution in [3.8, 4) is 0 Å². The molecule has 1 heterocycles. The number of aromatic nitrogens is 2. The number of nitrogens with one attached hydrogen (secondary N) is 2. The van der Waals surface area contributed by atoms with E-state index in [1.54, 1.807) is 12.1 Å². The Morgan fingerprint density at radius 2 is 1.57 bits per heavy atom. The van der Waals surface area contributed by atoms with Gasteiger partial charge in [-0.05, 0) is 79.5 Å². The number of aliphatic carboxylic acids is 1. The van der Waals surface area contributed by atoms with Crippen LogP contribution in [0.3, 0.4) is 0 Å². The number of carbonyl (C=O) groups excluding carboxylic acids is 1. The van der Waals surface area contributed by atoms with Gasteiger partial charge in [-0.25, -0.2) is 0 Å². The first-order chi connectivity index (χ1) is 16.7. The monoisotopic (exact) mass is 488 g/mol. The molecule has 0 aliphatic heterocycles. The summed E-state index contributed by atoms with van der Waals surface area (Å²) in [4.78, 5) is 23.3. The Hall–Kier alpha value is -3.89. The van der Waals surface area contributed by atoms with E-state index in [1.165, 1.54) is 12.1 Å². The zero-order valence-electron chi connectivity index (χ0n) is 18.5. The first-order valence-electron chi connectivity index (χ1n) is 11.1. The number of carboxylic acid groups (broad SMARTS) is 1. The van der Waals surface area contributed by atoms with E-state index in [0.717, 1.165) is 43.4 Å². The summed E-state index contributed by atoms with van der Waals surface area (Å²) in [6, 6.07) is 11.5. The number of carbonyl (C=O) groups is 2. The van der Waals surface area contributed by atoms with Crippen LogP contribution in [-0.4, -0.2) is 27.2 Å². The molecule has 1 aliphatic carbocycles. The molecule has 1 aliphatic rings. The molecule has 35 heavy (non-hydrogen) atoms. The number of halogens is 3. The van der Waals surface area contributed by atoms with Gasteiger partial charge in [-0.15, -0.1) is 5.10 Å². The zero-order valence-corrected chi connectivity index (χ0v) is 18.5. The lowest BCUT2D eigenvalue weighted by molar-refractivity contribution is -0.139. The van der Waals surface area contributed by atoms with Crippen LogP contribution in [0.5, 0.6) is 0 Å². The summed E-state index contributed by atoms with van der Waals surface area (Å²) in [7, 11) is 0. The van der Waals surface area contributed by atoms with E-state index >= 15 is 0 Å². The largest absolute Gasteiger partial charge is 0.481 e. The minimum Gasteiger partial charge on any atom is -0.481 e. The lowest BCUT2D eigenvalue weighted by atomic mass is 9.77. The van der Waals surface area contributed by atoms with Crippen molar-refractivity contribution in [3.05, 3.63) is 65.5 Å². The smallest absolute Gasteiger partial charge is 0.416 e. The van der Waals surface area contributed by atoms with Gasteiger partial charge in [-0.3, -0.25) is 9.59 Å². The van der Waals surface area contributed by atoms with Crippen LogP contribution in [0, 0.1) is 5.92 Å². The number of hydrogen-bond acceptors (Lipinski definition) is 6. The predicted molar refractivity (Wildman–Crippen MR) is 120 cm³/mol. The summed E-state index contributed by atoms with van der Waals surface area (Å²) in [6.07, 6.45) is -0.589. The van der Waals surface area contributed by atoms with Gasteiger partial charge in [0.25, 0.3) is 0 Å². The van der Waals surface area contributed by atoms with E-state index in [9.17, 15) is 22.8 Å². The van der Waals surface area contributed by atoms with Gasteiger partial charge in [0.2, 0.25) is 0 Å². The Kier molecular flexibility index (Phi) is 7.04. The van der Waals surface area contributed by atoms with E-state index in [-0.39, 0.29) is 24.2 Å². The molecule has 1 fully saturated rings. The highest BCUT2D eigenvalue weighted by Gasteiger charge is 2.30. The van der Waals surface area contributed by atoms with Crippen LogP contribution in [0.1, 0.15) is 59.8 Å². The van der Waals surface area contributed by atoms with Crippen LogP contribution >= 0.6 is 0 Å². The van der Waals surface area contributed by atoms with Crippen LogP contribution in [-0.2, 0) is 11.0 Å². The van der Waals surface area contributed by atoms with Crippen molar-refractivity contribution in [3.63, 3.8) is 0 Å². The van der Waals surface area contributed by atoms with Crippen molar-refractivity contribution in [1.29, 1.82) is 0 Å². The molecule has 0 radical (unpaired) electrons. The van der Waals surface area contributed by atoms with E-state index in [0.29, 0.717) is 17.3 Å². The highest BCUT2D eigenvalue weighted by atomic mass is 19.4. The van der Waals surface area contributed by atoms with Gasteiger partial charge in [0.15, 0.2) is 0 Å². The second-order valence-corrected chi connectivity index (χ2v) is 8.50. The van der Waals surface area contributed by atoms with Crippen molar-refractivity contribution in [2.75, 3.05) is 10.6 Å². The molecule has 3 aromatic rings. The van der Waals surface area contributed by atoms with Crippen molar-refractivity contribution in [1.82, 2.24) is 10.2 Å². The summed E-state index contributed by atoms with van der Waals surface area (Å²) >= 11 is 0. The number of amides is 1. The van der Waals surface area contributed by atoms with Crippen molar-refractivity contribution < 1.29 is 32.3 Å². The topological polar surface area (TPSA) is 117 Å². The average Bonchev–Trinajstić information content (AvgIpc) is 3.28. The average molecular weight is 488 g/mol. The third-order valence-corrected chi connectivity index (χ3v) is 6.03. The zero-order chi connectivity index (χ0) is 25.0. The number of benzene rings is 2. The molecular formula is C24H23F3N4O4. The minimum absolute atomic E-state index is 0.135. The molecule has 0 bridgehead atoms. The van der Waals surface area contributed by atoms with E-state index in [4.69, 9.17) is 9.52 Å². The second-order valence-electron chi connectivity index (χ2n) is 8.50. The lowest BCUT2D eigenvalue weighted by Crippen LogP contribution is -2.16. The van der Waals surface area contributed by atoms with Crippen molar-refractivity contribution in [2.24, 2.45) is 5.92 Å². The number of nitrogens with zero attached hydrogens (tertiary/aromatic N) is 2. The van der Waals surface area contributed by atoms with E-state index < -0.39 is 23.6 Å². The molecule has 0 atom stereocenters. The maximum atomic E-state index is 12.7. The molecule has 0 unspecified atom stereocenters. The molecule has 184 valence electrons. The fourth-order valence-corrected chi connectivity index (χ4v) is 4.20. The van der Waals surface area contributed by atoms with Gasteiger partial charge < -0.3 is 20.2 Å². The Morgan fingerprint density at radius 3 is 2.17 bits per heavy atom. The quantitative estimate of drug-likeness (QED) is 0.383. The highest BCUT2D eigenvalue weighted by molar-refractivity contribution is 6.00. The van der Waals surface area contributed by atoms with Crippen LogP contribution in [0.2, 0.25) is 0 Å². The molecular weight excluding hydrogens is 465 g/mol. The Bertz CT molecular complexity index is 1170. The van der Waals surface area contributed by atoms with Crippen LogP contribution in [0.15, 0.2) is 52.9 Å². The van der Waals surface area contributed by atoms with Crippen LogP contribution in [0.25, 0.3) is 0 Å². The molecule has 0 spiro atoms. The lowest BCUT2D eigenvalue weighted by Gasteiger charge is -2.28. The van der Waals surface area contributed by atoms with Crippen molar-refractivity contribution in [2.45, 2.75) is 44.2 Å². The molecule has 0 saturated heterocycles. The SMILES string of the molecule is O=C(O)C[C@H]1CC[C@H](c2ccc(NC(=O)c3nnc(Nc4ccc(C(F)(F)F)cc4)o3)cc2)CC1. The first kappa shape index (κ1) is 24.2. The van der Waals surface area contributed by atoms with Gasteiger partial charge in [-0.1, -0.05) is 17.2 Å².